The molecule has 0 spiro atoms. The second-order valence-electron chi connectivity index (χ2n) is 3.40. The van der Waals surface area contributed by atoms with Crippen molar-refractivity contribution >= 4 is 0 Å². The van der Waals surface area contributed by atoms with E-state index in [-0.39, 0.29) is 13.1 Å². The van der Waals surface area contributed by atoms with E-state index in [1.54, 1.807) is 20.9 Å². The maximum atomic E-state index is 11.7. The number of hydrogen-bond acceptors (Lipinski definition) is 2. The molecule has 0 heterocycles. The van der Waals surface area contributed by atoms with Gasteiger partial charge in [0.15, 0.2) is 0 Å². The van der Waals surface area contributed by atoms with Crippen molar-refractivity contribution in [3.63, 3.8) is 0 Å². The largest absolute Gasteiger partial charge is 0.389 e. The van der Waals surface area contributed by atoms with Gasteiger partial charge in [-0.15, -0.1) is 0 Å². The van der Waals surface area contributed by atoms with Gasteiger partial charge in [-0.05, 0) is 20.9 Å². The van der Waals surface area contributed by atoms with Crippen LogP contribution in [0, 0.1) is 0 Å². The molecule has 0 fully saturated rings. The Morgan fingerprint density at radius 2 is 1.91 bits per heavy atom. The lowest BCUT2D eigenvalue weighted by atomic mass is 10.1. The lowest BCUT2D eigenvalue weighted by Gasteiger charge is -2.24. The quantitative estimate of drug-likeness (QED) is 0.674. The van der Waals surface area contributed by atoms with Gasteiger partial charge in [0.05, 0.1) is 12.1 Å². The molecule has 0 aromatic heterocycles. The Hall–Kier alpha value is -0.220. The van der Waals surface area contributed by atoms with Crippen LogP contribution in [0.25, 0.3) is 0 Å². The molecular formula is C7H15F2NO. The fourth-order valence-electron chi connectivity index (χ4n) is 0.961. The van der Waals surface area contributed by atoms with E-state index < -0.39 is 12.0 Å². The van der Waals surface area contributed by atoms with Crippen LogP contribution < -0.4 is 0 Å². The van der Waals surface area contributed by atoms with Crippen LogP contribution in [0.3, 0.4) is 0 Å². The molecule has 0 aromatic carbocycles. The van der Waals surface area contributed by atoms with Crippen LogP contribution in [0.5, 0.6) is 0 Å². The van der Waals surface area contributed by atoms with Gasteiger partial charge in [0.25, 0.3) is 6.43 Å². The molecule has 0 bridgehead atoms. The first-order valence-electron chi connectivity index (χ1n) is 3.50. The van der Waals surface area contributed by atoms with Crippen molar-refractivity contribution in [1.82, 2.24) is 4.90 Å². The topological polar surface area (TPSA) is 23.5 Å². The molecule has 0 amide bonds. The number of alkyl halides is 2. The van der Waals surface area contributed by atoms with E-state index in [0.29, 0.717) is 0 Å². The zero-order valence-corrected chi connectivity index (χ0v) is 7.14. The molecule has 11 heavy (non-hydrogen) atoms. The van der Waals surface area contributed by atoms with E-state index in [4.69, 9.17) is 0 Å². The van der Waals surface area contributed by atoms with Crippen LogP contribution in [0.15, 0.2) is 0 Å². The second kappa shape index (κ2) is 3.97. The fraction of sp³-hybridized carbons (Fsp3) is 1.00. The number of likely N-dealkylation sites (N-methyl/N-ethyl adjacent to an activating group) is 1. The normalized spacial score (nSPS) is 13.1. The second-order valence-corrected chi connectivity index (χ2v) is 3.40. The van der Waals surface area contributed by atoms with Crippen LogP contribution in [0.4, 0.5) is 8.78 Å². The Balaban J connectivity index is 3.61. The lowest BCUT2D eigenvalue weighted by molar-refractivity contribution is 0.0223. The highest BCUT2D eigenvalue weighted by molar-refractivity contribution is 4.69. The summed E-state index contributed by atoms with van der Waals surface area (Å²) in [5.41, 5.74) is -0.899. The first-order chi connectivity index (χ1) is 4.81. The number of aliphatic hydroxyl groups is 1. The molecule has 0 aromatic rings. The first-order valence-corrected chi connectivity index (χ1v) is 3.50. The van der Waals surface area contributed by atoms with Gasteiger partial charge in [-0.3, -0.25) is 4.90 Å². The summed E-state index contributed by atoms with van der Waals surface area (Å²) in [5, 5.41) is 9.21. The first kappa shape index (κ1) is 10.8. The van der Waals surface area contributed by atoms with E-state index in [0.717, 1.165) is 0 Å². The van der Waals surface area contributed by atoms with Crippen LogP contribution >= 0.6 is 0 Å². The average molecular weight is 167 g/mol. The van der Waals surface area contributed by atoms with Crippen LogP contribution in [-0.2, 0) is 0 Å². The maximum absolute atomic E-state index is 11.7. The van der Waals surface area contributed by atoms with Crippen molar-refractivity contribution in [3.05, 3.63) is 0 Å². The zero-order chi connectivity index (χ0) is 9.07. The van der Waals surface area contributed by atoms with Gasteiger partial charge in [-0.25, -0.2) is 8.78 Å². The molecule has 0 saturated heterocycles. The van der Waals surface area contributed by atoms with Gasteiger partial charge >= 0.3 is 0 Å². The monoisotopic (exact) mass is 167 g/mol. The number of hydrogen-bond donors (Lipinski definition) is 1. The van der Waals surface area contributed by atoms with E-state index in [1.807, 2.05) is 0 Å². The van der Waals surface area contributed by atoms with Crippen molar-refractivity contribution in [2.45, 2.75) is 25.9 Å². The molecule has 0 rings (SSSR count). The third kappa shape index (κ3) is 7.68. The minimum Gasteiger partial charge on any atom is -0.389 e. The minimum absolute atomic E-state index is 0.261. The summed E-state index contributed by atoms with van der Waals surface area (Å²) in [5.74, 6) is 0. The van der Waals surface area contributed by atoms with Crippen molar-refractivity contribution < 1.29 is 13.9 Å². The van der Waals surface area contributed by atoms with Crippen molar-refractivity contribution in [3.8, 4) is 0 Å². The molecule has 2 nitrogen and oxygen atoms in total. The molecule has 68 valence electrons. The number of nitrogens with zero attached hydrogens (tertiary/aromatic N) is 1. The molecule has 0 aliphatic rings. The predicted octanol–water partition coefficient (Wildman–Crippen LogP) is 0.954. The SMILES string of the molecule is CN(CC(F)F)CC(C)(C)O. The summed E-state index contributed by atoms with van der Waals surface area (Å²) in [6.07, 6.45) is -2.33. The van der Waals surface area contributed by atoms with Gasteiger partial charge in [-0.2, -0.15) is 0 Å². The zero-order valence-electron chi connectivity index (χ0n) is 7.14. The number of halogens is 2. The van der Waals surface area contributed by atoms with Crippen molar-refractivity contribution in [2.24, 2.45) is 0 Å². The van der Waals surface area contributed by atoms with Gasteiger partial charge in [0.1, 0.15) is 0 Å². The van der Waals surface area contributed by atoms with Crippen molar-refractivity contribution in [2.75, 3.05) is 20.1 Å². The Morgan fingerprint density at radius 3 is 2.18 bits per heavy atom. The third-order valence-electron chi connectivity index (χ3n) is 1.11. The minimum atomic E-state index is -2.33. The van der Waals surface area contributed by atoms with Crippen LogP contribution in [-0.4, -0.2) is 42.2 Å². The molecule has 0 aliphatic carbocycles. The summed E-state index contributed by atoms with van der Waals surface area (Å²) in [7, 11) is 1.56. The van der Waals surface area contributed by atoms with Crippen molar-refractivity contribution in [1.29, 1.82) is 0 Å². The van der Waals surface area contributed by atoms with Crippen LogP contribution in [0.2, 0.25) is 0 Å². The molecule has 0 radical (unpaired) electrons. The highest BCUT2D eigenvalue weighted by Gasteiger charge is 2.17. The summed E-state index contributed by atoms with van der Waals surface area (Å²) in [4.78, 5) is 1.41. The van der Waals surface area contributed by atoms with E-state index in [1.165, 1.54) is 4.90 Å². The smallest absolute Gasteiger partial charge is 0.251 e. The van der Waals surface area contributed by atoms with Gasteiger partial charge in [0, 0.05) is 6.54 Å². The Bertz CT molecular complexity index is 111. The molecule has 0 aliphatic heterocycles. The Morgan fingerprint density at radius 1 is 1.45 bits per heavy atom. The van der Waals surface area contributed by atoms with E-state index >= 15 is 0 Å². The maximum Gasteiger partial charge on any atom is 0.251 e. The lowest BCUT2D eigenvalue weighted by Crippen LogP contribution is -2.38. The fourth-order valence-corrected chi connectivity index (χ4v) is 0.961. The summed E-state index contributed by atoms with van der Waals surface area (Å²) < 4.78 is 23.5. The molecule has 1 N–H and O–H groups in total. The van der Waals surface area contributed by atoms with Gasteiger partial charge in [0.2, 0.25) is 0 Å². The third-order valence-corrected chi connectivity index (χ3v) is 1.11. The average Bonchev–Trinajstić information content (AvgIpc) is 1.53. The highest BCUT2D eigenvalue weighted by Crippen LogP contribution is 2.04. The van der Waals surface area contributed by atoms with E-state index in [2.05, 4.69) is 0 Å². The molecule has 0 saturated carbocycles. The summed E-state index contributed by atoms with van der Waals surface area (Å²) >= 11 is 0. The summed E-state index contributed by atoms with van der Waals surface area (Å²) in [6.45, 7) is 3.16. The summed E-state index contributed by atoms with van der Waals surface area (Å²) in [6, 6.07) is 0. The molecule has 0 unspecified atom stereocenters. The van der Waals surface area contributed by atoms with Gasteiger partial charge < -0.3 is 5.11 Å². The predicted molar refractivity (Wildman–Crippen MR) is 39.8 cm³/mol. The molecular weight excluding hydrogens is 152 g/mol. The van der Waals surface area contributed by atoms with E-state index in [9.17, 15) is 13.9 Å². The van der Waals surface area contributed by atoms with Crippen LogP contribution in [0.1, 0.15) is 13.8 Å². The van der Waals surface area contributed by atoms with Gasteiger partial charge in [-0.1, -0.05) is 0 Å². The molecule has 4 heteroatoms. The number of rotatable bonds is 4. The Labute approximate surface area is 65.8 Å². The Kier molecular flexibility index (Phi) is 3.89. The molecule has 0 atom stereocenters. The highest BCUT2D eigenvalue weighted by atomic mass is 19.3. The standard InChI is InChI=1S/C7H15F2NO/c1-7(2,11)5-10(3)4-6(8)9/h6,11H,4-5H2,1-3H3.